The molecule has 0 bridgehead atoms. The van der Waals surface area contributed by atoms with Crippen molar-refractivity contribution in [3.05, 3.63) is 29.2 Å². The largest absolute Gasteiger partial charge is 0.478 e. The number of aromatic amines is 1. The van der Waals surface area contributed by atoms with E-state index in [1.54, 1.807) is 0 Å². The number of anilines is 1. The second-order valence-electron chi connectivity index (χ2n) is 4.65. The predicted molar refractivity (Wildman–Crippen MR) is 78.1 cm³/mol. The van der Waals surface area contributed by atoms with Gasteiger partial charge in [-0.25, -0.2) is 4.98 Å². The molecule has 2 heterocycles. The summed E-state index contributed by atoms with van der Waals surface area (Å²) in [6.45, 7) is 7.34. The molecule has 20 heavy (non-hydrogen) atoms. The van der Waals surface area contributed by atoms with Gasteiger partial charge in [0.25, 0.3) is 0 Å². The molecule has 0 radical (unpaired) electrons. The second kappa shape index (κ2) is 6.88. The van der Waals surface area contributed by atoms with E-state index in [9.17, 15) is 0 Å². The van der Waals surface area contributed by atoms with Crippen molar-refractivity contribution < 1.29 is 4.74 Å². The van der Waals surface area contributed by atoms with Crippen LogP contribution in [0.3, 0.4) is 0 Å². The van der Waals surface area contributed by atoms with Gasteiger partial charge in [-0.15, -0.1) is 0 Å². The van der Waals surface area contributed by atoms with Gasteiger partial charge in [0, 0.05) is 24.0 Å². The lowest BCUT2D eigenvalue weighted by atomic mass is 10.1. The third-order valence-electron chi connectivity index (χ3n) is 2.96. The van der Waals surface area contributed by atoms with Gasteiger partial charge in [0.1, 0.15) is 0 Å². The molecule has 0 fully saturated rings. The molecule has 6 nitrogen and oxygen atoms in total. The van der Waals surface area contributed by atoms with Crippen LogP contribution in [0.25, 0.3) is 0 Å². The summed E-state index contributed by atoms with van der Waals surface area (Å²) >= 11 is 0. The summed E-state index contributed by atoms with van der Waals surface area (Å²) in [5.74, 6) is 1.24. The number of nitrogens with zero attached hydrogens (tertiary/aromatic N) is 3. The zero-order valence-corrected chi connectivity index (χ0v) is 12.2. The maximum absolute atomic E-state index is 5.40. The van der Waals surface area contributed by atoms with Crippen molar-refractivity contribution >= 4 is 5.95 Å². The fraction of sp³-hybridized carbons (Fsp3) is 0.500. The van der Waals surface area contributed by atoms with Crippen LogP contribution in [0.1, 0.15) is 30.3 Å². The smallest absolute Gasteiger partial charge is 0.226 e. The van der Waals surface area contributed by atoms with Crippen molar-refractivity contribution in [2.24, 2.45) is 0 Å². The van der Waals surface area contributed by atoms with Crippen LogP contribution in [-0.4, -0.2) is 33.3 Å². The van der Waals surface area contributed by atoms with Crippen LogP contribution in [0.15, 0.2) is 12.3 Å². The highest BCUT2D eigenvalue weighted by Crippen LogP contribution is 2.12. The normalized spacial score (nSPS) is 10.6. The first-order chi connectivity index (χ1) is 9.69. The third kappa shape index (κ3) is 3.94. The molecule has 2 rings (SSSR count). The zero-order valence-electron chi connectivity index (χ0n) is 12.2. The van der Waals surface area contributed by atoms with Gasteiger partial charge in [0.05, 0.1) is 12.8 Å². The average Bonchev–Trinajstić information content (AvgIpc) is 2.80. The lowest BCUT2D eigenvalue weighted by Gasteiger charge is -2.08. The van der Waals surface area contributed by atoms with Crippen LogP contribution in [0.5, 0.6) is 5.88 Å². The quantitative estimate of drug-likeness (QED) is 0.758. The summed E-state index contributed by atoms with van der Waals surface area (Å²) in [5, 5.41) is 10.2. The summed E-state index contributed by atoms with van der Waals surface area (Å²) in [4.78, 5) is 8.66. The molecule has 0 aliphatic carbocycles. The summed E-state index contributed by atoms with van der Waals surface area (Å²) in [5.41, 5.74) is 3.29. The van der Waals surface area contributed by atoms with Crippen molar-refractivity contribution in [2.45, 2.75) is 33.6 Å². The molecular formula is C14H21N5O. The Bertz CT molecular complexity index is 552. The number of H-pyrrole nitrogens is 1. The fourth-order valence-corrected chi connectivity index (χ4v) is 1.95. The van der Waals surface area contributed by atoms with Gasteiger partial charge in [-0.2, -0.15) is 10.1 Å². The van der Waals surface area contributed by atoms with Crippen molar-refractivity contribution in [1.29, 1.82) is 0 Å². The Labute approximate surface area is 119 Å². The fourth-order valence-electron chi connectivity index (χ4n) is 1.95. The van der Waals surface area contributed by atoms with Gasteiger partial charge in [-0.1, -0.05) is 0 Å². The van der Waals surface area contributed by atoms with E-state index in [1.807, 2.05) is 33.0 Å². The van der Waals surface area contributed by atoms with E-state index in [1.165, 1.54) is 5.56 Å². The van der Waals surface area contributed by atoms with Crippen molar-refractivity contribution in [1.82, 2.24) is 20.2 Å². The Morgan fingerprint density at radius 1 is 1.30 bits per heavy atom. The Hall–Kier alpha value is -2.11. The van der Waals surface area contributed by atoms with Crippen LogP contribution in [-0.2, 0) is 6.42 Å². The first kappa shape index (κ1) is 14.3. The third-order valence-corrected chi connectivity index (χ3v) is 2.96. The molecule has 108 valence electrons. The Morgan fingerprint density at radius 2 is 2.15 bits per heavy atom. The number of rotatable bonds is 7. The predicted octanol–water partition coefficient (Wildman–Crippen LogP) is 2.26. The zero-order chi connectivity index (χ0) is 14.4. The van der Waals surface area contributed by atoms with Gasteiger partial charge >= 0.3 is 0 Å². The Kier molecular flexibility index (Phi) is 4.92. The van der Waals surface area contributed by atoms with Crippen LogP contribution in [0.4, 0.5) is 5.95 Å². The van der Waals surface area contributed by atoms with E-state index in [4.69, 9.17) is 4.74 Å². The molecule has 0 aliphatic heterocycles. The summed E-state index contributed by atoms with van der Waals surface area (Å²) < 4.78 is 5.40. The molecule has 0 aromatic carbocycles. The second-order valence-corrected chi connectivity index (χ2v) is 4.65. The molecule has 2 aromatic rings. The lowest BCUT2D eigenvalue weighted by Crippen LogP contribution is -2.08. The van der Waals surface area contributed by atoms with Crippen LogP contribution < -0.4 is 10.1 Å². The van der Waals surface area contributed by atoms with Gasteiger partial charge in [0.2, 0.25) is 11.8 Å². The summed E-state index contributed by atoms with van der Waals surface area (Å²) in [7, 11) is 0. The molecule has 0 amide bonds. The Morgan fingerprint density at radius 3 is 2.85 bits per heavy atom. The first-order valence-electron chi connectivity index (χ1n) is 6.90. The maximum atomic E-state index is 5.40. The van der Waals surface area contributed by atoms with E-state index in [-0.39, 0.29) is 0 Å². The maximum Gasteiger partial charge on any atom is 0.226 e. The number of hydrogen-bond acceptors (Lipinski definition) is 5. The minimum Gasteiger partial charge on any atom is -0.478 e. The van der Waals surface area contributed by atoms with Gasteiger partial charge < -0.3 is 10.1 Å². The van der Waals surface area contributed by atoms with Gasteiger partial charge in [-0.3, -0.25) is 5.10 Å². The van der Waals surface area contributed by atoms with Crippen molar-refractivity contribution in [2.75, 3.05) is 18.5 Å². The number of nitrogens with one attached hydrogen (secondary N) is 2. The molecule has 0 spiro atoms. The molecular weight excluding hydrogens is 254 g/mol. The van der Waals surface area contributed by atoms with E-state index in [0.29, 0.717) is 18.4 Å². The summed E-state index contributed by atoms with van der Waals surface area (Å²) in [6, 6.07) is 1.84. The molecule has 2 aromatic heterocycles. The highest BCUT2D eigenvalue weighted by molar-refractivity contribution is 5.30. The highest BCUT2D eigenvalue weighted by atomic mass is 16.5. The standard InChI is InChI=1S/C14H21N5O/c1-4-20-13-8-10(2)17-14(18-13)15-7-5-6-12-9-16-19-11(12)3/h8-9H,4-7H2,1-3H3,(H,16,19)(H,15,17,18). The highest BCUT2D eigenvalue weighted by Gasteiger charge is 2.03. The van der Waals surface area contributed by atoms with Crippen molar-refractivity contribution in [3.8, 4) is 5.88 Å². The van der Waals surface area contributed by atoms with E-state index in [2.05, 4.69) is 25.5 Å². The topological polar surface area (TPSA) is 75.7 Å². The van der Waals surface area contributed by atoms with Crippen molar-refractivity contribution in [3.63, 3.8) is 0 Å². The van der Waals surface area contributed by atoms with E-state index >= 15 is 0 Å². The molecule has 0 aliphatic rings. The molecule has 6 heteroatoms. The first-order valence-corrected chi connectivity index (χ1v) is 6.90. The molecule has 0 saturated carbocycles. The Balaban J connectivity index is 1.83. The van der Waals surface area contributed by atoms with E-state index in [0.717, 1.165) is 30.8 Å². The average molecular weight is 275 g/mol. The van der Waals surface area contributed by atoms with Gasteiger partial charge in [0.15, 0.2) is 0 Å². The molecule has 0 atom stereocenters. The van der Waals surface area contributed by atoms with Crippen LogP contribution in [0.2, 0.25) is 0 Å². The SMILES string of the molecule is CCOc1cc(C)nc(NCCCc2cn[nH]c2C)n1. The van der Waals surface area contributed by atoms with Crippen LogP contribution >= 0.6 is 0 Å². The number of hydrogen-bond donors (Lipinski definition) is 2. The number of aryl methyl sites for hydroxylation is 3. The minimum absolute atomic E-state index is 0.607. The number of ether oxygens (including phenoxy) is 1. The lowest BCUT2D eigenvalue weighted by molar-refractivity contribution is 0.326. The molecule has 0 saturated heterocycles. The summed E-state index contributed by atoms with van der Waals surface area (Å²) in [6.07, 6.45) is 3.87. The van der Waals surface area contributed by atoms with Crippen LogP contribution in [0, 0.1) is 13.8 Å². The van der Waals surface area contributed by atoms with E-state index < -0.39 is 0 Å². The monoisotopic (exact) mass is 275 g/mol. The minimum atomic E-state index is 0.607. The molecule has 0 unspecified atom stereocenters. The number of aromatic nitrogens is 4. The molecule has 2 N–H and O–H groups in total. The van der Waals surface area contributed by atoms with Gasteiger partial charge in [-0.05, 0) is 39.2 Å².